The van der Waals surface area contributed by atoms with E-state index in [-0.39, 0.29) is 5.52 Å². The third-order valence-corrected chi connectivity index (χ3v) is 6.04. The molecule has 0 aromatic heterocycles. The van der Waals surface area contributed by atoms with E-state index in [0.29, 0.717) is 39.6 Å². The maximum atomic E-state index is 13.5. The van der Waals surface area contributed by atoms with Gasteiger partial charge >= 0.3 is 0 Å². The lowest BCUT2D eigenvalue weighted by atomic mass is 10.2. The number of hydrogen-bond donors (Lipinski definition) is 0. The van der Waals surface area contributed by atoms with Gasteiger partial charge in [0.2, 0.25) is 0 Å². The molecule has 0 aliphatic heterocycles. The van der Waals surface area contributed by atoms with E-state index >= 15 is 0 Å². The first kappa shape index (κ1) is 27.7. The number of rotatable bonds is 14. The zero-order chi connectivity index (χ0) is 25.3. The molecule has 0 saturated heterocycles. The predicted octanol–water partition coefficient (Wildman–Crippen LogP) is 3.96. The van der Waals surface area contributed by atoms with Gasteiger partial charge in [-0.1, -0.05) is 6.07 Å². The summed E-state index contributed by atoms with van der Waals surface area (Å²) in [4.78, 5) is 13.5. The first-order valence-corrected chi connectivity index (χ1v) is 11.6. The van der Waals surface area contributed by atoms with Crippen molar-refractivity contribution in [2.75, 3.05) is 35.5 Å². The van der Waals surface area contributed by atoms with Crippen molar-refractivity contribution in [2.24, 2.45) is 0 Å². The first-order valence-electron chi connectivity index (χ1n) is 10.6. The maximum Gasteiger partial charge on any atom is 0.196 e. The van der Waals surface area contributed by atoms with E-state index in [1.165, 1.54) is 35.5 Å². The van der Waals surface area contributed by atoms with Crippen LogP contribution in [-0.4, -0.2) is 59.9 Å². The standard InChI is InChI=1S/C24H33O9P/c1-14(26-4)31-17-12-20(32-15(2)27-5)23(21(13-17)33-16(3)28-6)34-24(25)22-18(29-7)10-9-11-19(22)30-8/h9-16,34H,1-8H3. The fourth-order valence-corrected chi connectivity index (χ4v) is 3.99. The van der Waals surface area contributed by atoms with E-state index in [4.69, 9.17) is 37.9 Å². The highest BCUT2D eigenvalue weighted by Crippen LogP contribution is 2.39. The second-order valence-corrected chi connectivity index (χ2v) is 8.25. The molecule has 2 rings (SSSR count). The van der Waals surface area contributed by atoms with Crippen LogP contribution < -0.4 is 29.0 Å². The Morgan fingerprint density at radius 3 is 1.56 bits per heavy atom. The Kier molecular flexibility index (Phi) is 10.9. The molecule has 4 unspecified atom stereocenters. The highest BCUT2D eigenvalue weighted by atomic mass is 31.1. The molecule has 0 spiro atoms. The third kappa shape index (κ3) is 7.21. The Balaban J connectivity index is 2.62. The molecule has 0 aliphatic rings. The van der Waals surface area contributed by atoms with E-state index < -0.39 is 27.5 Å². The average Bonchev–Trinajstić information content (AvgIpc) is 2.84. The van der Waals surface area contributed by atoms with Crippen molar-refractivity contribution in [3.05, 3.63) is 35.9 Å². The van der Waals surface area contributed by atoms with Crippen LogP contribution in [0.4, 0.5) is 0 Å². The van der Waals surface area contributed by atoms with Gasteiger partial charge < -0.3 is 37.9 Å². The van der Waals surface area contributed by atoms with Crippen LogP contribution in [0.1, 0.15) is 31.1 Å². The molecular weight excluding hydrogens is 463 g/mol. The van der Waals surface area contributed by atoms with Crippen LogP contribution in [0, 0.1) is 0 Å². The molecule has 0 radical (unpaired) electrons. The zero-order valence-electron chi connectivity index (χ0n) is 20.8. The lowest BCUT2D eigenvalue weighted by Gasteiger charge is -2.23. The van der Waals surface area contributed by atoms with Crippen LogP contribution in [0.2, 0.25) is 0 Å². The molecule has 9 nitrogen and oxygen atoms in total. The number of methoxy groups -OCH3 is 5. The molecular formula is C24H33O9P. The van der Waals surface area contributed by atoms with Crippen LogP contribution in [-0.2, 0) is 14.2 Å². The fraction of sp³-hybridized carbons (Fsp3) is 0.458. The molecule has 0 aliphatic carbocycles. The molecule has 0 saturated carbocycles. The Labute approximate surface area is 202 Å². The lowest BCUT2D eigenvalue weighted by Crippen LogP contribution is -2.23. The van der Waals surface area contributed by atoms with E-state index in [0.717, 1.165) is 0 Å². The highest BCUT2D eigenvalue weighted by molar-refractivity contribution is 7.66. The minimum atomic E-state index is -0.595. The van der Waals surface area contributed by atoms with Gasteiger partial charge in [-0.05, 0) is 41.5 Å². The highest BCUT2D eigenvalue weighted by Gasteiger charge is 2.25. The van der Waals surface area contributed by atoms with Gasteiger partial charge in [0.05, 0.1) is 19.5 Å². The molecule has 0 N–H and O–H groups in total. The van der Waals surface area contributed by atoms with Gasteiger partial charge in [0.25, 0.3) is 0 Å². The number of hydrogen-bond acceptors (Lipinski definition) is 9. The number of benzene rings is 2. The first-order chi connectivity index (χ1) is 16.3. The average molecular weight is 496 g/mol. The summed E-state index contributed by atoms with van der Waals surface area (Å²) in [6, 6.07) is 8.51. The summed E-state index contributed by atoms with van der Waals surface area (Å²) in [7, 11) is 7.18. The summed E-state index contributed by atoms with van der Waals surface area (Å²) < 4.78 is 44.4. The Hall–Kier alpha value is -2.58. The van der Waals surface area contributed by atoms with E-state index in [2.05, 4.69) is 0 Å². The number of ether oxygens (including phenoxy) is 8. The molecule has 2 aromatic carbocycles. The summed E-state index contributed by atoms with van der Waals surface area (Å²) in [5, 5.41) is 0.517. The van der Waals surface area contributed by atoms with Gasteiger partial charge in [-0.2, -0.15) is 0 Å². The molecule has 0 heterocycles. The van der Waals surface area contributed by atoms with Gasteiger partial charge in [-0.3, -0.25) is 4.79 Å². The van der Waals surface area contributed by atoms with Gasteiger partial charge in [0, 0.05) is 33.5 Å². The molecule has 0 bridgehead atoms. The van der Waals surface area contributed by atoms with Crippen molar-refractivity contribution in [1.29, 1.82) is 0 Å². The van der Waals surface area contributed by atoms with Crippen LogP contribution in [0.5, 0.6) is 28.7 Å². The van der Waals surface area contributed by atoms with E-state index in [1.54, 1.807) is 51.1 Å². The maximum absolute atomic E-state index is 13.5. The summed E-state index contributed by atoms with van der Waals surface area (Å²) in [6.07, 6.45) is -1.71. The summed E-state index contributed by atoms with van der Waals surface area (Å²) in [5.74, 6) is 1.99. The van der Waals surface area contributed by atoms with Gasteiger partial charge in [0.15, 0.2) is 24.4 Å². The SMILES string of the molecule is COc1cccc(OC)c1C(=O)Pc1c(OC(C)OC)cc(OC(C)OC)cc1OC(C)OC. The zero-order valence-corrected chi connectivity index (χ0v) is 21.8. The fourth-order valence-electron chi connectivity index (χ4n) is 2.89. The monoisotopic (exact) mass is 496 g/mol. The molecule has 10 heteroatoms. The smallest absolute Gasteiger partial charge is 0.196 e. The molecule has 4 atom stereocenters. The number of carbonyl (C=O) groups excluding carboxylic acids is 1. The third-order valence-electron chi connectivity index (χ3n) is 4.82. The normalized spacial score (nSPS) is 13.9. The van der Waals surface area contributed by atoms with Crippen LogP contribution >= 0.6 is 8.58 Å². The minimum absolute atomic E-state index is 0.224. The van der Waals surface area contributed by atoms with E-state index in [9.17, 15) is 4.79 Å². The quantitative estimate of drug-likeness (QED) is 0.285. The van der Waals surface area contributed by atoms with Crippen LogP contribution in [0.3, 0.4) is 0 Å². The van der Waals surface area contributed by atoms with Crippen molar-refractivity contribution in [1.82, 2.24) is 0 Å². The molecule has 0 amide bonds. The minimum Gasteiger partial charge on any atom is -0.496 e. The van der Waals surface area contributed by atoms with Gasteiger partial charge in [-0.15, -0.1) is 0 Å². The van der Waals surface area contributed by atoms with Crippen molar-refractivity contribution < 1.29 is 42.7 Å². The van der Waals surface area contributed by atoms with Gasteiger partial charge in [0.1, 0.15) is 34.3 Å². The summed E-state index contributed by atoms with van der Waals surface area (Å²) >= 11 is 0. The lowest BCUT2D eigenvalue weighted by molar-refractivity contribution is -0.0458. The van der Waals surface area contributed by atoms with Crippen LogP contribution in [0.25, 0.3) is 0 Å². The summed E-state index contributed by atoms with van der Waals surface area (Å²) in [5.41, 5.74) is 0.105. The molecule has 34 heavy (non-hydrogen) atoms. The van der Waals surface area contributed by atoms with Crippen molar-refractivity contribution >= 4 is 19.4 Å². The van der Waals surface area contributed by atoms with Crippen LogP contribution in [0.15, 0.2) is 30.3 Å². The van der Waals surface area contributed by atoms with E-state index in [1.807, 2.05) is 0 Å². The van der Waals surface area contributed by atoms with Crippen molar-refractivity contribution in [3.63, 3.8) is 0 Å². The second kappa shape index (κ2) is 13.3. The predicted molar refractivity (Wildman–Crippen MR) is 130 cm³/mol. The molecule has 2 aromatic rings. The largest absolute Gasteiger partial charge is 0.496 e. The van der Waals surface area contributed by atoms with Crippen molar-refractivity contribution in [3.8, 4) is 28.7 Å². The van der Waals surface area contributed by atoms with Crippen molar-refractivity contribution in [2.45, 2.75) is 39.6 Å². The summed E-state index contributed by atoms with van der Waals surface area (Å²) in [6.45, 7) is 5.23. The Morgan fingerprint density at radius 2 is 1.15 bits per heavy atom. The molecule has 0 fully saturated rings. The topological polar surface area (TPSA) is 90.9 Å². The second-order valence-electron chi connectivity index (χ2n) is 7.05. The Morgan fingerprint density at radius 1 is 0.706 bits per heavy atom. The molecule has 188 valence electrons. The van der Waals surface area contributed by atoms with Gasteiger partial charge in [-0.25, -0.2) is 0 Å². The Bertz CT molecular complexity index is 895. The number of carbonyl (C=O) groups is 1.